The molecule has 0 unspecified atom stereocenters. The number of rotatable bonds is 5. The highest BCUT2D eigenvalue weighted by atomic mass is 35.5. The van der Waals surface area contributed by atoms with Gasteiger partial charge in [0.05, 0.1) is 22.7 Å². The smallest absolute Gasteiger partial charge is 0.248 e. The summed E-state index contributed by atoms with van der Waals surface area (Å²) in [6, 6.07) is 8.56. The molecule has 0 saturated heterocycles. The molecule has 25 heavy (non-hydrogen) atoms. The summed E-state index contributed by atoms with van der Waals surface area (Å²) in [7, 11) is -3.92. The van der Waals surface area contributed by atoms with Gasteiger partial charge in [0.15, 0.2) is 0 Å². The van der Waals surface area contributed by atoms with Gasteiger partial charge in [0, 0.05) is 5.02 Å². The van der Waals surface area contributed by atoms with E-state index in [4.69, 9.17) is 23.2 Å². The highest BCUT2D eigenvalue weighted by Gasteiger charge is 2.31. The SMILES string of the molecule is C[C@@H](C(=O)Nc1cc(Cl)ccc1Cl)N(c1ccccc1F)S(C)(=O)=O. The minimum absolute atomic E-state index is 0.218. The highest BCUT2D eigenvalue weighted by Crippen LogP contribution is 2.28. The van der Waals surface area contributed by atoms with Crippen LogP contribution in [0.15, 0.2) is 42.5 Å². The first-order valence-corrected chi connectivity index (χ1v) is 9.71. The van der Waals surface area contributed by atoms with Crippen molar-refractivity contribution >= 4 is 50.5 Å². The molecule has 0 fully saturated rings. The molecule has 1 N–H and O–H groups in total. The Balaban J connectivity index is 2.37. The maximum Gasteiger partial charge on any atom is 0.248 e. The highest BCUT2D eigenvalue weighted by molar-refractivity contribution is 7.92. The average molecular weight is 405 g/mol. The summed E-state index contributed by atoms with van der Waals surface area (Å²) in [6.07, 6.45) is 0.898. The Morgan fingerprint density at radius 1 is 1.20 bits per heavy atom. The van der Waals surface area contributed by atoms with Gasteiger partial charge in [-0.1, -0.05) is 35.3 Å². The van der Waals surface area contributed by atoms with Crippen molar-refractivity contribution in [3.8, 4) is 0 Å². The van der Waals surface area contributed by atoms with E-state index in [2.05, 4.69) is 5.32 Å². The van der Waals surface area contributed by atoms with Crippen LogP contribution in [0.25, 0.3) is 0 Å². The van der Waals surface area contributed by atoms with E-state index in [0.717, 1.165) is 16.6 Å². The molecule has 0 aliphatic heterocycles. The van der Waals surface area contributed by atoms with Crippen LogP contribution in [0.1, 0.15) is 6.92 Å². The minimum atomic E-state index is -3.92. The van der Waals surface area contributed by atoms with Gasteiger partial charge in [-0.15, -0.1) is 0 Å². The third-order valence-corrected chi connectivity index (χ3v) is 5.16. The van der Waals surface area contributed by atoms with Crippen molar-refractivity contribution in [1.29, 1.82) is 0 Å². The maximum absolute atomic E-state index is 14.1. The zero-order chi connectivity index (χ0) is 18.8. The zero-order valence-corrected chi connectivity index (χ0v) is 15.7. The molecule has 0 bridgehead atoms. The van der Waals surface area contributed by atoms with Crippen molar-refractivity contribution in [2.24, 2.45) is 0 Å². The van der Waals surface area contributed by atoms with Crippen LogP contribution in [0.2, 0.25) is 10.0 Å². The lowest BCUT2D eigenvalue weighted by Crippen LogP contribution is -2.45. The Kier molecular flexibility index (Phi) is 5.92. The van der Waals surface area contributed by atoms with Gasteiger partial charge in [-0.25, -0.2) is 12.8 Å². The van der Waals surface area contributed by atoms with Crippen LogP contribution in [0.5, 0.6) is 0 Å². The Hall–Kier alpha value is -1.83. The van der Waals surface area contributed by atoms with Gasteiger partial charge in [0.2, 0.25) is 15.9 Å². The van der Waals surface area contributed by atoms with Crippen LogP contribution in [0, 0.1) is 5.82 Å². The number of benzene rings is 2. The third kappa shape index (κ3) is 4.62. The molecule has 2 aromatic carbocycles. The van der Waals surface area contributed by atoms with E-state index in [1.165, 1.54) is 37.3 Å². The number of carbonyl (C=O) groups excluding carboxylic acids is 1. The fourth-order valence-corrected chi connectivity index (χ4v) is 3.75. The minimum Gasteiger partial charge on any atom is -0.323 e. The molecule has 2 rings (SSSR count). The molecule has 0 aromatic heterocycles. The molecule has 9 heteroatoms. The number of nitrogens with one attached hydrogen (secondary N) is 1. The maximum atomic E-state index is 14.1. The molecule has 2 aromatic rings. The summed E-state index contributed by atoms with van der Waals surface area (Å²) in [6.45, 7) is 1.35. The number of para-hydroxylation sites is 1. The van der Waals surface area contributed by atoms with E-state index in [0.29, 0.717) is 5.02 Å². The first-order valence-electron chi connectivity index (χ1n) is 7.11. The zero-order valence-electron chi connectivity index (χ0n) is 13.3. The number of sulfonamides is 1. The van der Waals surface area contributed by atoms with Crippen LogP contribution in [0.4, 0.5) is 15.8 Å². The molecule has 1 amide bonds. The molecule has 134 valence electrons. The van der Waals surface area contributed by atoms with E-state index in [1.807, 2.05) is 0 Å². The van der Waals surface area contributed by atoms with Crippen LogP contribution in [-0.4, -0.2) is 26.6 Å². The number of halogens is 3. The lowest BCUT2D eigenvalue weighted by Gasteiger charge is -2.28. The van der Waals surface area contributed by atoms with Crippen LogP contribution < -0.4 is 9.62 Å². The number of hydrogen-bond acceptors (Lipinski definition) is 3. The van der Waals surface area contributed by atoms with Crippen LogP contribution >= 0.6 is 23.2 Å². The van der Waals surface area contributed by atoms with Gasteiger partial charge in [0.25, 0.3) is 0 Å². The summed E-state index contributed by atoms with van der Waals surface area (Å²) in [5.74, 6) is -1.44. The van der Waals surface area contributed by atoms with Crippen molar-refractivity contribution < 1.29 is 17.6 Å². The van der Waals surface area contributed by atoms with Gasteiger partial charge >= 0.3 is 0 Å². The van der Waals surface area contributed by atoms with Gasteiger partial charge in [0.1, 0.15) is 11.9 Å². The average Bonchev–Trinajstić information content (AvgIpc) is 2.51. The molecule has 0 aliphatic rings. The van der Waals surface area contributed by atoms with Crippen molar-refractivity contribution in [2.45, 2.75) is 13.0 Å². The summed E-state index contributed by atoms with van der Waals surface area (Å²) in [4.78, 5) is 12.5. The van der Waals surface area contributed by atoms with Gasteiger partial charge in [-0.3, -0.25) is 9.10 Å². The number of amides is 1. The second-order valence-electron chi connectivity index (χ2n) is 5.30. The number of anilines is 2. The lowest BCUT2D eigenvalue weighted by atomic mass is 10.2. The van der Waals surface area contributed by atoms with E-state index in [-0.39, 0.29) is 16.4 Å². The lowest BCUT2D eigenvalue weighted by molar-refractivity contribution is -0.116. The first-order chi connectivity index (χ1) is 11.6. The standard InChI is InChI=1S/C16H15Cl2FN2O3S/c1-10(16(22)20-14-9-11(17)7-8-12(14)18)21(25(2,23)24)15-6-4-3-5-13(15)19/h3-10H,1-2H3,(H,20,22)/t10-/m0/s1. The molecule has 0 saturated carbocycles. The predicted octanol–water partition coefficient (Wildman–Crippen LogP) is 3.93. The second kappa shape index (κ2) is 7.59. The van der Waals surface area contributed by atoms with E-state index in [1.54, 1.807) is 6.07 Å². The molecule has 0 heterocycles. The molecular weight excluding hydrogens is 390 g/mol. The largest absolute Gasteiger partial charge is 0.323 e. The number of carbonyl (C=O) groups is 1. The Bertz CT molecular complexity index is 906. The topological polar surface area (TPSA) is 66.5 Å². The number of nitrogens with zero attached hydrogens (tertiary/aromatic N) is 1. The van der Waals surface area contributed by atoms with Crippen molar-refractivity contribution in [3.05, 3.63) is 58.3 Å². The fourth-order valence-electron chi connectivity index (χ4n) is 2.24. The van der Waals surface area contributed by atoms with E-state index < -0.39 is 27.8 Å². The van der Waals surface area contributed by atoms with Crippen molar-refractivity contribution in [1.82, 2.24) is 0 Å². The van der Waals surface area contributed by atoms with Gasteiger partial charge < -0.3 is 5.32 Å². The first kappa shape index (κ1) is 19.5. The monoisotopic (exact) mass is 404 g/mol. The van der Waals surface area contributed by atoms with Gasteiger partial charge in [-0.05, 0) is 37.3 Å². The van der Waals surface area contributed by atoms with Crippen LogP contribution in [-0.2, 0) is 14.8 Å². The van der Waals surface area contributed by atoms with E-state index >= 15 is 0 Å². The number of hydrogen-bond donors (Lipinski definition) is 1. The fraction of sp³-hybridized carbons (Fsp3) is 0.188. The van der Waals surface area contributed by atoms with Crippen molar-refractivity contribution in [3.63, 3.8) is 0 Å². The molecule has 0 spiro atoms. The van der Waals surface area contributed by atoms with Gasteiger partial charge in [-0.2, -0.15) is 0 Å². The summed E-state index contributed by atoms with van der Waals surface area (Å²) in [5.41, 5.74) is 0.0119. The Morgan fingerprint density at radius 3 is 2.44 bits per heavy atom. The quantitative estimate of drug-likeness (QED) is 0.820. The molecule has 5 nitrogen and oxygen atoms in total. The summed E-state index contributed by atoms with van der Waals surface area (Å²) >= 11 is 11.9. The normalized spacial score (nSPS) is 12.5. The molecular formula is C16H15Cl2FN2O3S. The predicted molar refractivity (Wildman–Crippen MR) is 98.3 cm³/mol. The summed E-state index contributed by atoms with van der Waals surface area (Å²) < 4.78 is 39.1. The molecule has 0 radical (unpaired) electrons. The summed E-state index contributed by atoms with van der Waals surface area (Å²) in [5, 5.41) is 3.09. The molecule has 1 atom stereocenters. The van der Waals surface area contributed by atoms with Crippen molar-refractivity contribution in [2.75, 3.05) is 15.9 Å². The Labute approximate surface area is 155 Å². The third-order valence-electron chi connectivity index (χ3n) is 3.36. The van der Waals surface area contributed by atoms with Crippen LogP contribution in [0.3, 0.4) is 0 Å². The van der Waals surface area contributed by atoms with E-state index in [9.17, 15) is 17.6 Å². The Morgan fingerprint density at radius 2 is 1.84 bits per heavy atom. The second-order valence-corrected chi connectivity index (χ2v) is 8.00. The molecule has 0 aliphatic carbocycles.